The lowest BCUT2D eigenvalue weighted by atomic mass is 10.1. The van der Waals surface area contributed by atoms with E-state index >= 15 is 0 Å². The molecule has 0 aromatic carbocycles. The van der Waals surface area contributed by atoms with Crippen LogP contribution in [0.5, 0.6) is 0 Å². The SMILES string of the molecule is CC/C=C\C/C=C\C/C=C\C/C=C\CCCCCCC(=O)OCC(COP(=O)(O)OCC(O)COP(=O)(O)OCC(COC(=O)CCCCCCC/C=C\CCCCCCCC)OC(=O)CCCCCCC/C=C\CCCC)OC(=O)CCCCCCCCC/C=C\C/C=C\C/C=C\CC. The lowest BCUT2D eigenvalue weighted by Gasteiger charge is -2.21. The Morgan fingerprint density at radius 1 is 0.290 bits per heavy atom. The summed E-state index contributed by atoms with van der Waals surface area (Å²) in [6.07, 6.45) is 77.9. The molecule has 0 aromatic rings. The third-order valence-corrected chi connectivity index (χ3v) is 18.1. The average Bonchev–Trinajstić information content (AvgIpc) is 1.00. The zero-order valence-electron chi connectivity index (χ0n) is 62.8. The number of esters is 4. The first-order chi connectivity index (χ1) is 48.7. The molecule has 100 heavy (non-hydrogen) atoms. The van der Waals surface area contributed by atoms with Crippen molar-refractivity contribution in [2.75, 3.05) is 39.6 Å². The van der Waals surface area contributed by atoms with Gasteiger partial charge < -0.3 is 33.8 Å². The molecule has 0 aliphatic heterocycles. The smallest absolute Gasteiger partial charge is 0.462 e. The number of aliphatic hydroxyl groups is 1. The summed E-state index contributed by atoms with van der Waals surface area (Å²) >= 11 is 0. The van der Waals surface area contributed by atoms with E-state index in [2.05, 4.69) is 137 Å². The molecule has 0 fully saturated rings. The fourth-order valence-electron chi connectivity index (χ4n) is 10.3. The number of ether oxygens (including phenoxy) is 4. The van der Waals surface area contributed by atoms with Gasteiger partial charge in [0.05, 0.1) is 26.4 Å². The Morgan fingerprint density at radius 2 is 0.530 bits per heavy atom. The molecule has 5 unspecified atom stereocenters. The van der Waals surface area contributed by atoms with E-state index in [1.54, 1.807) is 0 Å². The molecule has 576 valence electrons. The number of carbonyl (C=O) groups excluding carboxylic acids is 4. The van der Waals surface area contributed by atoms with Crippen LogP contribution in [0.25, 0.3) is 0 Å². The van der Waals surface area contributed by atoms with Crippen molar-refractivity contribution in [3.8, 4) is 0 Å². The number of phosphoric ester groups is 2. The first kappa shape index (κ1) is 95.7. The van der Waals surface area contributed by atoms with E-state index in [1.807, 2.05) is 0 Å². The van der Waals surface area contributed by atoms with Gasteiger partial charge in [0.1, 0.15) is 19.3 Å². The monoisotopic (exact) mass is 1450 g/mol. The van der Waals surface area contributed by atoms with Crippen LogP contribution in [0.1, 0.15) is 323 Å². The van der Waals surface area contributed by atoms with Gasteiger partial charge >= 0.3 is 39.5 Å². The number of carbonyl (C=O) groups is 4. The van der Waals surface area contributed by atoms with Crippen molar-refractivity contribution in [3.63, 3.8) is 0 Å². The molecule has 0 saturated heterocycles. The predicted octanol–water partition coefficient (Wildman–Crippen LogP) is 22.6. The molecule has 3 N–H and O–H groups in total. The second kappa shape index (κ2) is 73.0. The Balaban J connectivity index is 5.36. The molecule has 0 heterocycles. The van der Waals surface area contributed by atoms with Gasteiger partial charge in [0.15, 0.2) is 12.2 Å². The van der Waals surface area contributed by atoms with Gasteiger partial charge in [-0.1, -0.05) is 265 Å². The predicted molar refractivity (Wildman–Crippen MR) is 408 cm³/mol. The molecule has 0 aliphatic carbocycles. The molecule has 0 bridgehead atoms. The number of aliphatic hydroxyl groups excluding tert-OH is 1. The summed E-state index contributed by atoms with van der Waals surface area (Å²) in [7, 11) is -9.96. The Kier molecular flexibility index (Phi) is 69.9. The molecule has 0 saturated carbocycles. The summed E-state index contributed by atoms with van der Waals surface area (Å²) in [5, 5.41) is 10.6. The van der Waals surface area contributed by atoms with E-state index < -0.39 is 97.5 Å². The summed E-state index contributed by atoms with van der Waals surface area (Å²) in [6.45, 7) is 4.57. The van der Waals surface area contributed by atoms with Crippen LogP contribution in [0.4, 0.5) is 0 Å². The lowest BCUT2D eigenvalue weighted by Crippen LogP contribution is -2.30. The van der Waals surface area contributed by atoms with Crippen LogP contribution in [-0.2, 0) is 65.4 Å². The molecule has 0 spiro atoms. The Bertz CT molecular complexity index is 2320. The molecule has 0 radical (unpaired) electrons. The first-order valence-corrected chi connectivity index (χ1v) is 42.1. The van der Waals surface area contributed by atoms with Gasteiger partial charge in [-0.2, -0.15) is 0 Å². The maximum Gasteiger partial charge on any atom is 0.472 e. The minimum atomic E-state index is -4.99. The molecular weight excluding hydrogens is 1310 g/mol. The van der Waals surface area contributed by atoms with E-state index in [0.29, 0.717) is 25.7 Å². The van der Waals surface area contributed by atoms with Crippen molar-refractivity contribution >= 4 is 39.5 Å². The normalized spacial score (nSPS) is 14.5. The Morgan fingerprint density at radius 3 is 0.840 bits per heavy atom. The fourth-order valence-corrected chi connectivity index (χ4v) is 11.8. The summed E-state index contributed by atoms with van der Waals surface area (Å²) in [5.41, 5.74) is 0. The summed E-state index contributed by atoms with van der Waals surface area (Å²) in [6, 6.07) is 0. The maximum absolute atomic E-state index is 13.1. The standard InChI is InChI=1S/C81H140O17P2/c1-5-9-13-17-21-25-29-32-35-37-40-43-47-50-54-58-62-66-79(84)92-72-77(98-81(86)68-64-60-56-52-48-44-41-38-36-33-30-26-22-18-14-10-6-2)74-96-100(89,90)94-70-75(82)69-93-99(87,88)95-73-76(97-80(85)67-63-59-55-51-45-28-24-20-16-12-8-4)71-91-78(83)65-61-57-53-49-46-42-39-34-31-27-23-19-15-11-7-3/h9-10,13-14,20-22,24-26,32-36,39-40,43,75-77,82H,5-8,11-12,15-19,23,27-31,37-38,41-42,44-74H2,1-4H3,(H,87,88)(H,89,90)/b13-9-,14-10-,24-20-,25-21-,26-22-,35-32-,36-33-,39-34-,43-40-. The zero-order valence-corrected chi connectivity index (χ0v) is 64.6. The van der Waals surface area contributed by atoms with Crippen LogP contribution in [0.15, 0.2) is 109 Å². The number of allylic oxidation sites excluding steroid dienone is 18. The fraction of sp³-hybridized carbons (Fsp3) is 0.728. The van der Waals surface area contributed by atoms with Gasteiger partial charge in [0.25, 0.3) is 0 Å². The van der Waals surface area contributed by atoms with Gasteiger partial charge in [-0.05, 0) is 141 Å². The highest BCUT2D eigenvalue weighted by atomic mass is 31.2. The summed E-state index contributed by atoms with van der Waals surface area (Å²) < 4.78 is 68.5. The molecule has 19 heteroatoms. The average molecular weight is 1450 g/mol. The molecular formula is C81H140O17P2. The van der Waals surface area contributed by atoms with Crippen molar-refractivity contribution in [3.05, 3.63) is 109 Å². The van der Waals surface area contributed by atoms with E-state index in [-0.39, 0.29) is 25.7 Å². The van der Waals surface area contributed by atoms with E-state index in [1.165, 1.54) is 51.4 Å². The third-order valence-electron chi connectivity index (χ3n) is 16.2. The van der Waals surface area contributed by atoms with E-state index in [4.69, 9.17) is 37.0 Å². The third kappa shape index (κ3) is 72.1. The van der Waals surface area contributed by atoms with Crippen LogP contribution < -0.4 is 0 Å². The van der Waals surface area contributed by atoms with Crippen molar-refractivity contribution in [2.24, 2.45) is 0 Å². The van der Waals surface area contributed by atoms with Crippen LogP contribution in [-0.4, -0.2) is 96.7 Å². The number of rotatable bonds is 73. The second-order valence-corrected chi connectivity index (χ2v) is 28.8. The Hall–Kier alpha value is -4.28. The maximum atomic E-state index is 13.1. The lowest BCUT2D eigenvalue weighted by molar-refractivity contribution is -0.161. The number of hydrogen-bond donors (Lipinski definition) is 3. The van der Waals surface area contributed by atoms with Crippen LogP contribution in [0.2, 0.25) is 0 Å². The molecule has 0 rings (SSSR count). The van der Waals surface area contributed by atoms with Gasteiger partial charge in [-0.25, -0.2) is 9.13 Å². The number of hydrogen-bond acceptors (Lipinski definition) is 15. The molecule has 0 aliphatic rings. The first-order valence-electron chi connectivity index (χ1n) is 39.1. The minimum Gasteiger partial charge on any atom is -0.462 e. The molecule has 17 nitrogen and oxygen atoms in total. The highest BCUT2D eigenvalue weighted by Gasteiger charge is 2.30. The van der Waals surface area contributed by atoms with Gasteiger partial charge in [0, 0.05) is 25.7 Å². The largest absolute Gasteiger partial charge is 0.472 e. The molecule has 0 aromatic heterocycles. The number of unbranched alkanes of at least 4 members (excludes halogenated alkanes) is 29. The van der Waals surface area contributed by atoms with Gasteiger partial charge in [0.2, 0.25) is 0 Å². The van der Waals surface area contributed by atoms with Gasteiger partial charge in [-0.3, -0.25) is 37.3 Å². The molecule has 5 atom stereocenters. The Labute approximate surface area is 607 Å². The van der Waals surface area contributed by atoms with E-state index in [9.17, 15) is 43.2 Å². The zero-order chi connectivity index (χ0) is 73.2. The summed E-state index contributed by atoms with van der Waals surface area (Å²) in [4.78, 5) is 72.9. The summed E-state index contributed by atoms with van der Waals surface area (Å²) in [5.74, 6) is -2.22. The van der Waals surface area contributed by atoms with Crippen molar-refractivity contribution in [1.29, 1.82) is 0 Å². The quantitative estimate of drug-likeness (QED) is 0.0169. The van der Waals surface area contributed by atoms with Crippen molar-refractivity contribution < 1.29 is 80.2 Å². The van der Waals surface area contributed by atoms with Crippen molar-refractivity contribution in [1.82, 2.24) is 0 Å². The number of phosphoric acid groups is 2. The topological polar surface area (TPSA) is 237 Å². The minimum absolute atomic E-state index is 0.0764. The highest BCUT2D eigenvalue weighted by molar-refractivity contribution is 7.47. The van der Waals surface area contributed by atoms with E-state index in [0.717, 1.165) is 193 Å². The van der Waals surface area contributed by atoms with Crippen molar-refractivity contribution in [2.45, 2.75) is 341 Å². The second-order valence-electron chi connectivity index (χ2n) is 25.9. The highest BCUT2D eigenvalue weighted by Crippen LogP contribution is 2.45. The van der Waals surface area contributed by atoms with Crippen LogP contribution >= 0.6 is 15.6 Å². The van der Waals surface area contributed by atoms with Crippen LogP contribution in [0, 0.1) is 0 Å². The van der Waals surface area contributed by atoms with Crippen LogP contribution in [0.3, 0.4) is 0 Å². The molecule has 0 amide bonds. The van der Waals surface area contributed by atoms with Gasteiger partial charge in [-0.15, -0.1) is 0 Å².